The minimum Gasteiger partial charge on any atom is -0.492 e. The first-order valence-electron chi connectivity index (χ1n) is 8.10. The molecule has 2 rings (SSSR count). The first-order valence-corrected chi connectivity index (χ1v) is 8.10. The van der Waals surface area contributed by atoms with Crippen LogP contribution in [0.5, 0.6) is 5.75 Å². The monoisotopic (exact) mass is 313 g/mol. The minimum atomic E-state index is -0.193. The van der Waals surface area contributed by atoms with Crippen LogP contribution in [0.4, 0.5) is 4.39 Å². The molecule has 0 unspecified atom stereocenters. The first kappa shape index (κ1) is 17.5. The molecule has 0 N–H and O–H groups in total. The molecule has 0 saturated heterocycles. The van der Waals surface area contributed by atoms with Gasteiger partial charge in [0.05, 0.1) is 0 Å². The zero-order valence-corrected chi connectivity index (χ0v) is 14.4. The molecule has 0 fully saturated rings. The minimum absolute atomic E-state index is 0.177. The lowest BCUT2D eigenvalue weighted by molar-refractivity contribution is 0.184. The molecular formula is C19H25BFNO. The Bertz CT molecular complexity index is 616. The lowest BCUT2D eigenvalue weighted by Crippen LogP contribution is -2.35. The number of ether oxygens (including phenoxy) is 1. The molecule has 4 heteroatoms. The molecule has 0 spiro atoms. The Hall–Kier alpha value is -1.81. The van der Waals surface area contributed by atoms with Crippen LogP contribution in [0, 0.1) is 5.82 Å². The Morgan fingerprint density at radius 1 is 1.09 bits per heavy atom. The fraction of sp³-hybridized carbons (Fsp3) is 0.368. The molecule has 0 aromatic heterocycles. The fourth-order valence-corrected chi connectivity index (χ4v) is 2.54. The Morgan fingerprint density at radius 2 is 1.78 bits per heavy atom. The fourth-order valence-electron chi connectivity index (χ4n) is 2.54. The van der Waals surface area contributed by atoms with Gasteiger partial charge in [0.1, 0.15) is 18.2 Å². The van der Waals surface area contributed by atoms with Crippen molar-refractivity contribution in [3.8, 4) is 5.75 Å². The Labute approximate surface area is 139 Å². The van der Waals surface area contributed by atoms with E-state index in [2.05, 4.69) is 17.0 Å². The van der Waals surface area contributed by atoms with Crippen LogP contribution in [-0.2, 0) is 6.42 Å². The molecule has 0 aliphatic heterocycles. The highest BCUT2D eigenvalue weighted by atomic mass is 19.1. The van der Waals surface area contributed by atoms with Crippen molar-refractivity contribution in [2.75, 3.05) is 20.7 Å². The normalized spacial score (nSPS) is 12.3. The molecule has 1 atom stereocenters. The summed E-state index contributed by atoms with van der Waals surface area (Å²) < 4.78 is 19.9. The third kappa shape index (κ3) is 5.10. The summed E-state index contributed by atoms with van der Waals surface area (Å²) in [4.78, 5) is 2.14. The summed E-state index contributed by atoms with van der Waals surface area (Å²) in [6, 6.07) is 15.7. The van der Waals surface area contributed by atoms with Crippen LogP contribution < -0.4 is 10.2 Å². The first-order chi connectivity index (χ1) is 11.0. The number of halogens is 1. The topological polar surface area (TPSA) is 12.5 Å². The average molecular weight is 313 g/mol. The van der Waals surface area contributed by atoms with Crippen LogP contribution >= 0.6 is 0 Å². The van der Waals surface area contributed by atoms with E-state index >= 15 is 0 Å². The van der Waals surface area contributed by atoms with E-state index in [0.717, 1.165) is 11.9 Å². The van der Waals surface area contributed by atoms with Gasteiger partial charge in [0.25, 0.3) is 0 Å². The molecule has 0 aliphatic rings. The van der Waals surface area contributed by atoms with Gasteiger partial charge in [-0.15, -0.1) is 0 Å². The zero-order chi connectivity index (χ0) is 16.8. The number of hydrogen-bond acceptors (Lipinski definition) is 2. The highest BCUT2D eigenvalue weighted by Gasteiger charge is 2.15. The number of nitrogens with zero attached hydrogens (tertiary/aromatic N) is 1. The van der Waals surface area contributed by atoms with Crippen molar-refractivity contribution < 1.29 is 9.13 Å². The highest BCUT2D eigenvalue weighted by Crippen LogP contribution is 2.14. The maximum Gasteiger partial charge on any atom is 0.173 e. The van der Waals surface area contributed by atoms with E-state index in [-0.39, 0.29) is 18.6 Å². The molecule has 0 saturated carbocycles. The maximum atomic E-state index is 14.0. The zero-order valence-electron chi connectivity index (χ0n) is 14.4. The van der Waals surface area contributed by atoms with Crippen LogP contribution in [0.1, 0.15) is 5.56 Å². The number of likely N-dealkylation sites (N-methyl/N-ethyl adjacent to an activating group) is 1. The molecular weight excluding hydrogens is 288 g/mol. The largest absolute Gasteiger partial charge is 0.492 e. The van der Waals surface area contributed by atoms with Crippen LogP contribution in [-0.4, -0.2) is 38.4 Å². The Balaban J connectivity index is 2.00. The molecule has 122 valence electrons. The molecule has 2 aromatic carbocycles. The van der Waals surface area contributed by atoms with Crippen LogP contribution in [0.3, 0.4) is 0 Å². The number of hydrogen-bond donors (Lipinski definition) is 0. The third-order valence-corrected chi connectivity index (χ3v) is 4.08. The third-order valence-electron chi connectivity index (χ3n) is 4.08. The average Bonchev–Trinajstić information content (AvgIpc) is 2.51. The quantitative estimate of drug-likeness (QED) is 0.727. The van der Waals surface area contributed by atoms with Gasteiger partial charge in [0, 0.05) is 12.1 Å². The van der Waals surface area contributed by atoms with Crippen molar-refractivity contribution in [1.82, 2.24) is 4.90 Å². The van der Waals surface area contributed by atoms with Gasteiger partial charge >= 0.3 is 0 Å². The summed E-state index contributed by atoms with van der Waals surface area (Å²) in [6.07, 6.45) is 0.903. The van der Waals surface area contributed by atoms with Crippen LogP contribution in [0.15, 0.2) is 48.5 Å². The Morgan fingerprint density at radius 3 is 2.35 bits per heavy atom. The molecule has 0 aliphatic carbocycles. The van der Waals surface area contributed by atoms with Crippen molar-refractivity contribution in [3.05, 3.63) is 59.9 Å². The molecule has 0 amide bonds. The van der Waals surface area contributed by atoms with E-state index in [1.807, 2.05) is 58.1 Å². The smallest absolute Gasteiger partial charge is 0.173 e. The van der Waals surface area contributed by atoms with Crippen LogP contribution in [0.25, 0.3) is 0 Å². The second-order valence-corrected chi connectivity index (χ2v) is 6.46. The van der Waals surface area contributed by atoms with Gasteiger partial charge in [-0.2, -0.15) is 0 Å². The van der Waals surface area contributed by atoms with Crippen LogP contribution in [0.2, 0.25) is 13.6 Å². The van der Waals surface area contributed by atoms with Gasteiger partial charge in [-0.3, -0.25) is 0 Å². The summed E-state index contributed by atoms with van der Waals surface area (Å²) in [5, 5.41) is 0. The second kappa shape index (κ2) is 8.16. The summed E-state index contributed by atoms with van der Waals surface area (Å²) in [7, 11) is 4.08. The lowest BCUT2D eigenvalue weighted by atomic mass is 9.49. The van der Waals surface area contributed by atoms with Crippen molar-refractivity contribution in [2.45, 2.75) is 26.1 Å². The van der Waals surface area contributed by atoms with E-state index in [9.17, 15) is 4.39 Å². The lowest BCUT2D eigenvalue weighted by Gasteiger charge is -2.24. The maximum absolute atomic E-state index is 14.0. The van der Waals surface area contributed by atoms with E-state index in [1.54, 1.807) is 0 Å². The molecule has 0 radical (unpaired) electrons. The molecule has 0 bridgehead atoms. The van der Waals surface area contributed by atoms with E-state index in [1.165, 1.54) is 11.6 Å². The standard InChI is InChI=1S/C19H25BFNO/c1-20(2)18-11-10-17(13-19(18)21)23-14-16(22(3)4)12-15-8-6-5-7-9-15/h5-11,13,16H,12,14H2,1-4H3/t16-/m0/s1. The van der Waals surface area contributed by atoms with Crippen molar-refractivity contribution in [3.63, 3.8) is 0 Å². The summed E-state index contributed by atoms with van der Waals surface area (Å²) in [6.45, 7) is 4.68. The van der Waals surface area contributed by atoms with Gasteiger partial charge in [-0.25, -0.2) is 4.39 Å². The van der Waals surface area contributed by atoms with Crippen molar-refractivity contribution in [2.24, 2.45) is 0 Å². The van der Waals surface area contributed by atoms with Crippen molar-refractivity contribution in [1.29, 1.82) is 0 Å². The van der Waals surface area contributed by atoms with E-state index < -0.39 is 0 Å². The van der Waals surface area contributed by atoms with Gasteiger partial charge in [-0.05, 0) is 37.6 Å². The van der Waals surface area contributed by atoms with Gasteiger partial charge in [-0.1, -0.05) is 50.0 Å². The second-order valence-electron chi connectivity index (χ2n) is 6.46. The van der Waals surface area contributed by atoms with Gasteiger partial charge in [0.2, 0.25) is 0 Å². The predicted octanol–water partition coefficient (Wildman–Crippen LogP) is 3.34. The van der Waals surface area contributed by atoms with Crippen molar-refractivity contribution >= 4 is 12.2 Å². The van der Waals surface area contributed by atoms with Gasteiger partial charge in [0.15, 0.2) is 6.71 Å². The Kier molecular flexibility index (Phi) is 6.23. The summed E-state index contributed by atoms with van der Waals surface area (Å²) >= 11 is 0. The number of rotatable bonds is 7. The summed E-state index contributed by atoms with van der Waals surface area (Å²) in [5.41, 5.74) is 2.00. The molecule has 23 heavy (non-hydrogen) atoms. The molecule has 2 aromatic rings. The SMILES string of the molecule is CB(C)c1ccc(OC[C@H](Cc2ccccc2)N(C)C)cc1F. The predicted molar refractivity (Wildman–Crippen MR) is 96.6 cm³/mol. The molecule has 2 nitrogen and oxygen atoms in total. The van der Waals surface area contributed by atoms with E-state index in [0.29, 0.717) is 12.4 Å². The molecule has 0 heterocycles. The summed E-state index contributed by atoms with van der Waals surface area (Å²) in [5.74, 6) is 0.397. The number of benzene rings is 2. The highest BCUT2D eigenvalue weighted by molar-refractivity contribution is 6.70. The van der Waals surface area contributed by atoms with Gasteiger partial charge < -0.3 is 9.64 Å². The van der Waals surface area contributed by atoms with E-state index in [4.69, 9.17) is 4.74 Å².